The molecule has 21 heavy (non-hydrogen) atoms. The van der Waals surface area contributed by atoms with Gasteiger partial charge in [-0.15, -0.1) is 0 Å². The Hall–Kier alpha value is -0.170. The first-order chi connectivity index (χ1) is 9.85. The number of likely N-dealkylation sites (tertiary alicyclic amines) is 1. The van der Waals surface area contributed by atoms with Crippen LogP contribution < -0.4 is 5.32 Å². The summed E-state index contributed by atoms with van der Waals surface area (Å²) in [5, 5.41) is 13.6. The zero-order valence-corrected chi connectivity index (χ0v) is 14.1. The van der Waals surface area contributed by atoms with Gasteiger partial charge in [-0.1, -0.05) is 12.8 Å². The van der Waals surface area contributed by atoms with Crippen LogP contribution in [-0.4, -0.2) is 67.8 Å². The van der Waals surface area contributed by atoms with Crippen LogP contribution in [0.15, 0.2) is 0 Å². The predicted octanol–water partition coefficient (Wildman–Crippen LogP) is 0.777. The summed E-state index contributed by atoms with van der Waals surface area (Å²) in [7, 11) is -2.92. The fourth-order valence-corrected chi connectivity index (χ4v) is 4.82. The highest BCUT2D eigenvalue weighted by Crippen LogP contribution is 2.25. The molecule has 0 aromatic rings. The molecule has 0 aromatic carbocycles. The molecule has 0 aromatic heterocycles. The lowest BCUT2D eigenvalue weighted by Crippen LogP contribution is -2.53. The van der Waals surface area contributed by atoms with Crippen LogP contribution in [0.25, 0.3) is 0 Å². The molecule has 1 heterocycles. The van der Waals surface area contributed by atoms with Crippen LogP contribution in [0.2, 0.25) is 0 Å². The summed E-state index contributed by atoms with van der Waals surface area (Å²) >= 11 is 0. The molecule has 1 saturated heterocycles. The molecule has 1 aliphatic heterocycles. The van der Waals surface area contributed by atoms with E-state index in [0.717, 1.165) is 45.2 Å². The van der Waals surface area contributed by atoms with E-state index in [1.54, 1.807) is 0 Å². The molecule has 5 nitrogen and oxygen atoms in total. The second kappa shape index (κ2) is 7.40. The van der Waals surface area contributed by atoms with Crippen LogP contribution in [0.1, 0.15) is 45.4 Å². The lowest BCUT2D eigenvalue weighted by molar-refractivity contribution is 0.00684. The Labute approximate surface area is 129 Å². The topological polar surface area (TPSA) is 69.6 Å². The van der Waals surface area contributed by atoms with Crippen LogP contribution in [0.5, 0.6) is 0 Å². The number of piperidine rings is 1. The van der Waals surface area contributed by atoms with Crippen molar-refractivity contribution in [2.24, 2.45) is 0 Å². The molecule has 0 bridgehead atoms. The van der Waals surface area contributed by atoms with Crippen molar-refractivity contribution in [3.63, 3.8) is 0 Å². The van der Waals surface area contributed by atoms with Crippen molar-refractivity contribution >= 4 is 9.84 Å². The summed E-state index contributed by atoms with van der Waals surface area (Å²) in [5.41, 5.74) is 0. The minimum absolute atomic E-state index is 0.0109. The Morgan fingerprint density at radius 2 is 1.81 bits per heavy atom. The smallest absolute Gasteiger partial charge is 0.148 e. The molecule has 3 unspecified atom stereocenters. The van der Waals surface area contributed by atoms with Crippen molar-refractivity contribution in [3.8, 4) is 0 Å². The Morgan fingerprint density at radius 3 is 2.38 bits per heavy atom. The predicted molar refractivity (Wildman–Crippen MR) is 85.2 cm³/mol. The monoisotopic (exact) mass is 318 g/mol. The van der Waals surface area contributed by atoms with Gasteiger partial charge in [-0.25, -0.2) is 8.42 Å². The van der Waals surface area contributed by atoms with E-state index >= 15 is 0 Å². The van der Waals surface area contributed by atoms with E-state index in [9.17, 15) is 13.5 Å². The maximum Gasteiger partial charge on any atom is 0.148 e. The number of aliphatic hydroxyl groups is 1. The van der Waals surface area contributed by atoms with Gasteiger partial charge in [0, 0.05) is 37.5 Å². The van der Waals surface area contributed by atoms with Crippen LogP contribution in [-0.2, 0) is 9.84 Å². The van der Waals surface area contributed by atoms with Crippen molar-refractivity contribution in [2.45, 2.75) is 69.7 Å². The maximum absolute atomic E-state index is 11.3. The van der Waals surface area contributed by atoms with Gasteiger partial charge < -0.3 is 10.4 Å². The largest absolute Gasteiger partial charge is 0.391 e. The van der Waals surface area contributed by atoms with Gasteiger partial charge in [0.25, 0.3) is 0 Å². The number of hydrogen-bond acceptors (Lipinski definition) is 5. The minimum Gasteiger partial charge on any atom is -0.391 e. The van der Waals surface area contributed by atoms with E-state index < -0.39 is 9.84 Å². The van der Waals surface area contributed by atoms with E-state index in [1.807, 2.05) is 6.92 Å². The molecular weight excluding hydrogens is 288 g/mol. The van der Waals surface area contributed by atoms with E-state index in [1.165, 1.54) is 12.7 Å². The lowest BCUT2D eigenvalue weighted by atomic mass is 9.89. The molecule has 1 saturated carbocycles. The van der Waals surface area contributed by atoms with Gasteiger partial charge in [0.1, 0.15) is 9.84 Å². The molecule has 0 spiro atoms. The first kappa shape index (κ1) is 17.2. The third-order valence-corrected chi connectivity index (χ3v) is 5.87. The normalized spacial score (nSPS) is 31.2. The summed E-state index contributed by atoms with van der Waals surface area (Å²) < 4.78 is 22.6. The van der Waals surface area contributed by atoms with E-state index in [4.69, 9.17) is 0 Å². The molecular formula is C15H30N2O3S. The molecule has 2 aliphatic rings. The van der Waals surface area contributed by atoms with Gasteiger partial charge in [-0.3, -0.25) is 4.90 Å². The average Bonchev–Trinajstić information content (AvgIpc) is 2.38. The zero-order chi connectivity index (χ0) is 15.5. The van der Waals surface area contributed by atoms with Crippen molar-refractivity contribution < 1.29 is 13.5 Å². The number of rotatable bonds is 5. The molecule has 2 N–H and O–H groups in total. The van der Waals surface area contributed by atoms with E-state index in [0.29, 0.717) is 12.1 Å². The molecule has 2 fully saturated rings. The first-order valence-electron chi connectivity index (χ1n) is 8.21. The maximum atomic E-state index is 11.3. The Kier molecular flexibility index (Phi) is 6.05. The molecule has 6 heteroatoms. The number of hydrogen-bond donors (Lipinski definition) is 2. The fourth-order valence-electron chi connectivity index (χ4n) is 3.82. The van der Waals surface area contributed by atoms with Crippen LogP contribution in [0, 0.1) is 0 Å². The number of nitrogens with zero attached hydrogens (tertiary/aromatic N) is 1. The van der Waals surface area contributed by atoms with Crippen LogP contribution in [0.4, 0.5) is 0 Å². The summed E-state index contributed by atoms with van der Waals surface area (Å²) in [6.07, 6.45) is 7.64. The van der Waals surface area contributed by atoms with Crippen LogP contribution >= 0.6 is 0 Å². The van der Waals surface area contributed by atoms with E-state index in [2.05, 4.69) is 10.2 Å². The summed E-state index contributed by atoms with van der Waals surface area (Å²) in [4.78, 5) is 2.43. The molecule has 1 aliphatic carbocycles. The van der Waals surface area contributed by atoms with Crippen molar-refractivity contribution in [1.82, 2.24) is 10.2 Å². The van der Waals surface area contributed by atoms with Gasteiger partial charge in [-0.05, 0) is 32.6 Å². The van der Waals surface area contributed by atoms with Gasteiger partial charge in [0.15, 0.2) is 0 Å². The minimum atomic E-state index is -2.92. The molecule has 2 rings (SSSR count). The van der Waals surface area contributed by atoms with Crippen molar-refractivity contribution in [2.75, 3.05) is 25.1 Å². The van der Waals surface area contributed by atoms with E-state index in [-0.39, 0.29) is 17.9 Å². The number of aliphatic hydroxyl groups excluding tert-OH is 1. The zero-order valence-electron chi connectivity index (χ0n) is 13.3. The number of nitrogens with one attached hydrogen (secondary N) is 1. The van der Waals surface area contributed by atoms with Crippen LogP contribution in [0.3, 0.4) is 0 Å². The molecule has 0 amide bonds. The second-order valence-corrected chi connectivity index (χ2v) is 9.07. The second-order valence-electron chi connectivity index (χ2n) is 6.89. The highest BCUT2D eigenvalue weighted by Gasteiger charge is 2.31. The number of sulfone groups is 1. The standard InChI is InChI=1S/C15H30N2O3S/c1-12(11-21(2,19)20)16-13-7-9-17(10-8-13)14-5-3-4-6-15(14)18/h12-16,18H,3-11H2,1-2H3. The summed E-state index contributed by atoms with van der Waals surface area (Å²) in [6, 6.07) is 0.753. The van der Waals surface area contributed by atoms with Crippen molar-refractivity contribution in [1.29, 1.82) is 0 Å². The first-order valence-corrected chi connectivity index (χ1v) is 10.3. The lowest BCUT2D eigenvalue weighted by Gasteiger charge is -2.42. The van der Waals surface area contributed by atoms with Gasteiger partial charge in [0.2, 0.25) is 0 Å². The SMILES string of the molecule is CC(CS(C)(=O)=O)NC1CCN(C2CCCCC2O)CC1. The Bertz CT molecular complexity index is 419. The molecule has 124 valence electrons. The fraction of sp³-hybridized carbons (Fsp3) is 1.00. The average molecular weight is 318 g/mol. The third kappa shape index (κ3) is 5.51. The van der Waals surface area contributed by atoms with Gasteiger partial charge >= 0.3 is 0 Å². The van der Waals surface area contributed by atoms with Crippen molar-refractivity contribution in [3.05, 3.63) is 0 Å². The highest BCUT2D eigenvalue weighted by atomic mass is 32.2. The molecule has 0 radical (unpaired) electrons. The Balaban J connectivity index is 1.75. The van der Waals surface area contributed by atoms with Gasteiger partial charge in [0.05, 0.1) is 11.9 Å². The highest BCUT2D eigenvalue weighted by molar-refractivity contribution is 7.90. The molecule has 3 atom stereocenters. The summed E-state index contributed by atoms with van der Waals surface area (Å²) in [5.74, 6) is 0.203. The quantitative estimate of drug-likeness (QED) is 0.784. The summed E-state index contributed by atoms with van der Waals surface area (Å²) in [6.45, 7) is 3.95. The Morgan fingerprint density at radius 1 is 1.19 bits per heavy atom. The third-order valence-electron chi connectivity index (χ3n) is 4.77. The van der Waals surface area contributed by atoms with Gasteiger partial charge in [-0.2, -0.15) is 0 Å².